The van der Waals surface area contributed by atoms with Crippen molar-refractivity contribution in [3.05, 3.63) is 28.8 Å². The Labute approximate surface area is 128 Å². The summed E-state index contributed by atoms with van der Waals surface area (Å²) in [6, 6.07) is 5.61. The van der Waals surface area contributed by atoms with Gasteiger partial charge in [0, 0.05) is 6.54 Å². The Morgan fingerprint density at radius 2 is 2.05 bits per heavy atom. The van der Waals surface area contributed by atoms with Gasteiger partial charge in [0.25, 0.3) is 0 Å². The molecule has 0 aliphatic carbocycles. The van der Waals surface area contributed by atoms with E-state index in [1.165, 1.54) is 32.0 Å². The Bertz CT molecular complexity index is 707. The van der Waals surface area contributed by atoms with Crippen LogP contribution in [0.15, 0.2) is 23.1 Å². The minimum absolute atomic E-state index is 0.0298. The van der Waals surface area contributed by atoms with Gasteiger partial charge in [0.2, 0.25) is 10.0 Å². The number of carboxylic acid groups (broad SMARTS) is 1. The van der Waals surface area contributed by atoms with Crippen molar-refractivity contribution in [1.29, 1.82) is 5.26 Å². The minimum Gasteiger partial charge on any atom is -0.480 e. The molecule has 1 N–H and O–H groups in total. The van der Waals surface area contributed by atoms with E-state index in [0.717, 1.165) is 4.31 Å². The maximum absolute atomic E-state index is 12.6. The first kappa shape index (κ1) is 17.4. The van der Waals surface area contributed by atoms with Crippen molar-refractivity contribution in [2.75, 3.05) is 6.54 Å². The maximum Gasteiger partial charge on any atom is 0.324 e. The molecule has 0 saturated heterocycles. The van der Waals surface area contributed by atoms with E-state index >= 15 is 0 Å². The molecule has 114 valence electrons. The summed E-state index contributed by atoms with van der Waals surface area (Å²) in [6.07, 6.45) is 0. The normalized spacial score (nSPS) is 12.2. The SMILES string of the molecule is CCN(C(C)(C)C(=O)O)S(=O)(=O)c1ccc(C#N)cc1Cl. The average Bonchev–Trinajstić information content (AvgIpc) is 2.37. The summed E-state index contributed by atoms with van der Waals surface area (Å²) in [5.74, 6) is -1.27. The number of nitriles is 1. The molecule has 0 spiro atoms. The molecule has 21 heavy (non-hydrogen) atoms. The molecule has 1 aromatic rings. The largest absolute Gasteiger partial charge is 0.480 e. The highest BCUT2D eigenvalue weighted by atomic mass is 35.5. The van der Waals surface area contributed by atoms with Crippen LogP contribution in [0.5, 0.6) is 0 Å². The van der Waals surface area contributed by atoms with Crippen LogP contribution in [0.3, 0.4) is 0 Å². The van der Waals surface area contributed by atoms with Gasteiger partial charge >= 0.3 is 5.97 Å². The Morgan fingerprint density at radius 1 is 1.48 bits per heavy atom. The van der Waals surface area contributed by atoms with Gasteiger partial charge < -0.3 is 5.11 Å². The first-order valence-corrected chi connectivity index (χ1v) is 7.86. The number of aliphatic carboxylic acids is 1. The topological polar surface area (TPSA) is 98.5 Å². The highest BCUT2D eigenvalue weighted by molar-refractivity contribution is 7.89. The molecule has 0 aliphatic heterocycles. The fourth-order valence-corrected chi connectivity index (χ4v) is 4.15. The molecule has 0 saturated carbocycles. The first-order chi connectivity index (χ1) is 9.58. The van der Waals surface area contributed by atoms with E-state index in [0.29, 0.717) is 0 Å². The predicted octanol–water partition coefficient (Wildman–Crippen LogP) is 2.09. The van der Waals surface area contributed by atoms with Crippen molar-refractivity contribution < 1.29 is 18.3 Å². The van der Waals surface area contributed by atoms with Crippen molar-refractivity contribution >= 4 is 27.6 Å². The van der Waals surface area contributed by atoms with Gasteiger partial charge in [-0.1, -0.05) is 18.5 Å². The number of rotatable bonds is 5. The van der Waals surface area contributed by atoms with E-state index in [9.17, 15) is 18.3 Å². The number of carbonyl (C=O) groups is 1. The highest BCUT2D eigenvalue weighted by Crippen LogP contribution is 2.30. The molecule has 0 fully saturated rings. The van der Waals surface area contributed by atoms with E-state index in [1.807, 2.05) is 6.07 Å². The van der Waals surface area contributed by atoms with Crippen LogP contribution < -0.4 is 0 Å². The lowest BCUT2D eigenvalue weighted by atomic mass is 10.1. The standard InChI is InChI=1S/C13H15ClN2O4S/c1-4-16(13(2,3)12(17)18)21(19,20)11-6-5-9(8-15)7-10(11)14/h5-7H,4H2,1-3H3,(H,17,18). The number of likely N-dealkylation sites (N-methyl/N-ethyl adjacent to an activating group) is 1. The Balaban J connectivity index is 3.46. The number of nitrogens with zero attached hydrogens (tertiary/aromatic N) is 2. The van der Waals surface area contributed by atoms with Gasteiger partial charge in [-0.15, -0.1) is 0 Å². The van der Waals surface area contributed by atoms with Gasteiger partial charge in [0.15, 0.2) is 0 Å². The van der Waals surface area contributed by atoms with Gasteiger partial charge in [0.1, 0.15) is 10.4 Å². The van der Waals surface area contributed by atoms with E-state index in [1.54, 1.807) is 6.92 Å². The van der Waals surface area contributed by atoms with Crippen LogP contribution in [0, 0.1) is 11.3 Å². The van der Waals surface area contributed by atoms with E-state index in [2.05, 4.69) is 0 Å². The molecule has 0 bridgehead atoms. The van der Waals surface area contributed by atoms with Crippen molar-refractivity contribution in [2.24, 2.45) is 0 Å². The number of hydrogen-bond donors (Lipinski definition) is 1. The summed E-state index contributed by atoms with van der Waals surface area (Å²) in [5, 5.41) is 17.9. The molecule has 0 radical (unpaired) electrons. The van der Waals surface area contributed by atoms with Crippen LogP contribution >= 0.6 is 11.6 Å². The fourth-order valence-electron chi connectivity index (χ4n) is 1.87. The van der Waals surface area contributed by atoms with Crippen LogP contribution in [-0.4, -0.2) is 35.9 Å². The Kier molecular flexibility index (Phi) is 4.99. The average molecular weight is 331 g/mol. The van der Waals surface area contributed by atoms with E-state index in [4.69, 9.17) is 16.9 Å². The fraction of sp³-hybridized carbons (Fsp3) is 0.385. The third-order valence-electron chi connectivity index (χ3n) is 3.06. The maximum atomic E-state index is 12.6. The number of benzene rings is 1. The van der Waals surface area contributed by atoms with Gasteiger partial charge in [-0.2, -0.15) is 9.57 Å². The number of halogens is 1. The smallest absolute Gasteiger partial charge is 0.324 e. The second kappa shape index (κ2) is 6.02. The summed E-state index contributed by atoms with van der Waals surface area (Å²) >= 11 is 5.92. The second-order valence-electron chi connectivity index (χ2n) is 4.79. The molecule has 0 atom stereocenters. The van der Waals surface area contributed by atoms with Crippen molar-refractivity contribution in [1.82, 2.24) is 4.31 Å². The van der Waals surface area contributed by atoms with Crippen LogP contribution in [0.2, 0.25) is 5.02 Å². The molecule has 0 aliphatic rings. The number of hydrogen-bond acceptors (Lipinski definition) is 4. The summed E-state index contributed by atoms with van der Waals surface area (Å²) in [4.78, 5) is 11.1. The van der Waals surface area contributed by atoms with Gasteiger partial charge in [-0.3, -0.25) is 4.79 Å². The van der Waals surface area contributed by atoms with Crippen molar-refractivity contribution in [2.45, 2.75) is 31.2 Å². The Hall–Kier alpha value is -1.62. The quantitative estimate of drug-likeness (QED) is 0.891. The van der Waals surface area contributed by atoms with Crippen molar-refractivity contribution in [3.8, 4) is 6.07 Å². The van der Waals surface area contributed by atoms with Gasteiger partial charge in [-0.05, 0) is 32.0 Å². The second-order valence-corrected chi connectivity index (χ2v) is 7.03. The molecule has 1 rings (SSSR count). The Morgan fingerprint density at radius 3 is 2.43 bits per heavy atom. The van der Waals surface area contributed by atoms with E-state index in [-0.39, 0.29) is 22.0 Å². The van der Waals surface area contributed by atoms with Crippen LogP contribution in [0.25, 0.3) is 0 Å². The predicted molar refractivity (Wildman–Crippen MR) is 77.4 cm³/mol. The first-order valence-electron chi connectivity index (χ1n) is 6.05. The zero-order valence-electron chi connectivity index (χ0n) is 11.8. The summed E-state index contributed by atoms with van der Waals surface area (Å²) < 4.78 is 26.1. The molecule has 0 heterocycles. The minimum atomic E-state index is -4.10. The number of carboxylic acids is 1. The highest BCUT2D eigenvalue weighted by Gasteiger charge is 2.42. The lowest BCUT2D eigenvalue weighted by molar-refractivity contribution is -0.146. The van der Waals surface area contributed by atoms with Crippen molar-refractivity contribution in [3.63, 3.8) is 0 Å². The monoisotopic (exact) mass is 330 g/mol. The third kappa shape index (κ3) is 3.18. The third-order valence-corrected chi connectivity index (χ3v) is 5.69. The molecule has 8 heteroatoms. The summed E-state index contributed by atoms with van der Waals surface area (Å²) in [6.45, 7) is 4.11. The molecule has 6 nitrogen and oxygen atoms in total. The zero-order chi connectivity index (χ0) is 16.4. The lowest BCUT2D eigenvalue weighted by Crippen LogP contribution is -2.52. The molecule has 1 aromatic carbocycles. The molecular formula is C13H15ClN2O4S. The van der Waals surface area contributed by atoms with Crippen LogP contribution in [-0.2, 0) is 14.8 Å². The van der Waals surface area contributed by atoms with Gasteiger partial charge in [0.05, 0.1) is 16.7 Å². The molecule has 0 amide bonds. The summed E-state index contributed by atoms with van der Waals surface area (Å²) in [7, 11) is -4.10. The van der Waals surface area contributed by atoms with E-state index < -0.39 is 21.5 Å². The lowest BCUT2D eigenvalue weighted by Gasteiger charge is -2.33. The van der Waals surface area contributed by atoms with Crippen LogP contribution in [0.4, 0.5) is 0 Å². The summed E-state index contributed by atoms with van der Waals surface area (Å²) in [5.41, 5.74) is -1.40. The number of sulfonamides is 1. The van der Waals surface area contributed by atoms with Crippen LogP contribution in [0.1, 0.15) is 26.3 Å². The molecular weight excluding hydrogens is 316 g/mol. The molecule has 0 unspecified atom stereocenters. The van der Waals surface area contributed by atoms with Gasteiger partial charge in [-0.25, -0.2) is 8.42 Å². The zero-order valence-corrected chi connectivity index (χ0v) is 13.4. The molecule has 0 aromatic heterocycles.